The lowest BCUT2D eigenvalue weighted by atomic mass is 9.94. The van der Waals surface area contributed by atoms with Gasteiger partial charge in [-0.2, -0.15) is 0 Å². The highest BCUT2D eigenvalue weighted by atomic mass is 15.2. The Balaban J connectivity index is 1.66. The Morgan fingerprint density at radius 3 is 2.35 bits per heavy atom. The van der Waals surface area contributed by atoms with E-state index in [9.17, 15) is 0 Å². The quantitative estimate of drug-likeness (QED) is 0.902. The fourth-order valence-electron chi connectivity index (χ4n) is 4.01. The molecule has 1 aliphatic heterocycles. The van der Waals surface area contributed by atoms with Gasteiger partial charge < -0.3 is 5.32 Å². The first kappa shape index (κ1) is 14.1. The second-order valence-electron chi connectivity index (χ2n) is 6.91. The summed E-state index contributed by atoms with van der Waals surface area (Å²) in [5.41, 5.74) is 5.73. The van der Waals surface area contributed by atoms with Crippen LogP contribution in [0.5, 0.6) is 0 Å². The lowest BCUT2D eigenvalue weighted by Crippen LogP contribution is -2.35. The van der Waals surface area contributed by atoms with Gasteiger partial charge >= 0.3 is 0 Å². The van der Waals surface area contributed by atoms with Crippen molar-refractivity contribution in [3.8, 4) is 0 Å². The molecule has 0 aromatic heterocycles. The van der Waals surface area contributed by atoms with Crippen molar-refractivity contribution in [3.63, 3.8) is 0 Å². The van der Waals surface area contributed by atoms with Crippen molar-refractivity contribution in [3.05, 3.63) is 34.4 Å². The summed E-state index contributed by atoms with van der Waals surface area (Å²) in [6.45, 7) is 11.5. The molecule has 1 aromatic carbocycles. The standard InChI is InChI=1S/C18H28N2/c1-12-9-13(2)18(14(3)10-12)15(4)19-16-7-8-20(11-16)17-5-6-17/h9-10,15-17,19H,5-8,11H2,1-4H3. The lowest BCUT2D eigenvalue weighted by Gasteiger charge is -2.24. The molecule has 2 aliphatic rings. The zero-order valence-electron chi connectivity index (χ0n) is 13.4. The SMILES string of the molecule is Cc1cc(C)c(C(C)NC2CCN(C3CC3)C2)c(C)c1. The molecule has 2 nitrogen and oxygen atoms in total. The van der Waals surface area contributed by atoms with Crippen LogP contribution in [0.15, 0.2) is 12.1 Å². The number of hydrogen-bond acceptors (Lipinski definition) is 2. The van der Waals surface area contributed by atoms with Crippen LogP contribution in [0.4, 0.5) is 0 Å². The van der Waals surface area contributed by atoms with Crippen LogP contribution in [-0.4, -0.2) is 30.1 Å². The molecule has 1 saturated heterocycles. The molecule has 2 heteroatoms. The maximum atomic E-state index is 3.87. The minimum absolute atomic E-state index is 0.458. The Morgan fingerprint density at radius 2 is 1.75 bits per heavy atom. The summed E-state index contributed by atoms with van der Waals surface area (Å²) in [5, 5.41) is 3.87. The van der Waals surface area contributed by atoms with E-state index in [1.54, 1.807) is 0 Å². The van der Waals surface area contributed by atoms with E-state index in [0.717, 1.165) is 6.04 Å². The van der Waals surface area contributed by atoms with Gasteiger partial charge in [-0.3, -0.25) is 4.90 Å². The van der Waals surface area contributed by atoms with Gasteiger partial charge in [-0.25, -0.2) is 0 Å². The third-order valence-corrected chi connectivity index (χ3v) is 4.94. The van der Waals surface area contributed by atoms with Gasteiger partial charge in [0.2, 0.25) is 0 Å². The molecule has 110 valence electrons. The molecule has 2 fully saturated rings. The summed E-state index contributed by atoms with van der Waals surface area (Å²) >= 11 is 0. The van der Waals surface area contributed by atoms with Gasteiger partial charge in [-0.15, -0.1) is 0 Å². The molecule has 20 heavy (non-hydrogen) atoms. The first-order chi connectivity index (χ1) is 9.54. The molecule has 0 spiro atoms. The molecule has 0 bridgehead atoms. The predicted molar refractivity (Wildman–Crippen MR) is 85.2 cm³/mol. The van der Waals surface area contributed by atoms with Crippen molar-refractivity contribution in [2.24, 2.45) is 0 Å². The van der Waals surface area contributed by atoms with Crippen molar-refractivity contribution in [2.45, 2.75) is 65.1 Å². The molecule has 1 N–H and O–H groups in total. The Bertz CT molecular complexity index is 467. The minimum Gasteiger partial charge on any atom is -0.306 e. The molecule has 2 atom stereocenters. The number of aryl methyl sites for hydroxylation is 3. The Kier molecular flexibility index (Phi) is 3.87. The summed E-state index contributed by atoms with van der Waals surface area (Å²) < 4.78 is 0. The van der Waals surface area contributed by atoms with E-state index in [4.69, 9.17) is 0 Å². The highest BCUT2D eigenvalue weighted by Crippen LogP contribution is 2.31. The van der Waals surface area contributed by atoms with E-state index in [1.165, 1.54) is 54.6 Å². The fourth-order valence-corrected chi connectivity index (χ4v) is 4.01. The van der Waals surface area contributed by atoms with Gasteiger partial charge in [0.05, 0.1) is 0 Å². The number of likely N-dealkylation sites (tertiary alicyclic amines) is 1. The van der Waals surface area contributed by atoms with Gasteiger partial charge in [0, 0.05) is 31.2 Å². The molecule has 1 aromatic rings. The van der Waals surface area contributed by atoms with Crippen molar-refractivity contribution < 1.29 is 0 Å². The molecule has 1 aliphatic carbocycles. The molecule has 1 heterocycles. The molecule has 3 rings (SSSR count). The number of benzene rings is 1. The summed E-state index contributed by atoms with van der Waals surface area (Å²) in [7, 11) is 0. The number of rotatable bonds is 4. The van der Waals surface area contributed by atoms with Crippen LogP contribution in [0, 0.1) is 20.8 Å². The second-order valence-corrected chi connectivity index (χ2v) is 6.91. The number of nitrogens with one attached hydrogen (secondary N) is 1. The van der Waals surface area contributed by atoms with Gasteiger partial charge in [-0.05, 0) is 63.6 Å². The van der Waals surface area contributed by atoms with Crippen molar-refractivity contribution >= 4 is 0 Å². The second kappa shape index (κ2) is 5.50. The predicted octanol–water partition coefficient (Wildman–Crippen LogP) is 3.50. The molecular formula is C18H28N2. The number of hydrogen-bond donors (Lipinski definition) is 1. The maximum absolute atomic E-state index is 3.87. The number of nitrogens with zero attached hydrogens (tertiary/aromatic N) is 1. The topological polar surface area (TPSA) is 15.3 Å². The summed E-state index contributed by atoms with van der Waals surface area (Å²) in [6, 6.07) is 6.67. The Hall–Kier alpha value is -0.860. The van der Waals surface area contributed by atoms with Gasteiger partial charge in [0.1, 0.15) is 0 Å². The van der Waals surface area contributed by atoms with Crippen molar-refractivity contribution in [1.29, 1.82) is 0 Å². The van der Waals surface area contributed by atoms with Crippen LogP contribution in [0.3, 0.4) is 0 Å². The van der Waals surface area contributed by atoms with Crippen LogP contribution < -0.4 is 5.32 Å². The first-order valence-corrected chi connectivity index (χ1v) is 8.12. The van der Waals surface area contributed by atoms with Gasteiger partial charge in [0.25, 0.3) is 0 Å². The lowest BCUT2D eigenvalue weighted by molar-refractivity contribution is 0.313. The van der Waals surface area contributed by atoms with Crippen LogP contribution >= 0.6 is 0 Å². The third-order valence-electron chi connectivity index (χ3n) is 4.94. The van der Waals surface area contributed by atoms with Crippen LogP contribution in [-0.2, 0) is 0 Å². The minimum atomic E-state index is 0.458. The molecule has 0 amide bonds. The van der Waals surface area contributed by atoms with E-state index in [-0.39, 0.29) is 0 Å². The highest BCUT2D eigenvalue weighted by molar-refractivity contribution is 5.39. The van der Waals surface area contributed by atoms with Crippen LogP contribution in [0.2, 0.25) is 0 Å². The van der Waals surface area contributed by atoms with Crippen molar-refractivity contribution in [2.75, 3.05) is 13.1 Å². The summed E-state index contributed by atoms with van der Waals surface area (Å²) in [5.74, 6) is 0. The summed E-state index contributed by atoms with van der Waals surface area (Å²) in [4.78, 5) is 2.68. The smallest absolute Gasteiger partial charge is 0.0300 e. The van der Waals surface area contributed by atoms with Crippen LogP contribution in [0.1, 0.15) is 54.5 Å². The van der Waals surface area contributed by atoms with E-state index < -0.39 is 0 Å². The molecule has 2 unspecified atom stereocenters. The average Bonchev–Trinajstić information content (AvgIpc) is 3.09. The van der Waals surface area contributed by atoms with Gasteiger partial charge in [0.15, 0.2) is 0 Å². The highest BCUT2D eigenvalue weighted by Gasteiger charge is 2.34. The Labute approximate surface area is 123 Å². The van der Waals surface area contributed by atoms with Gasteiger partial charge in [-0.1, -0.05) is 17.7 Å². The zero-order valence-corrected chi connectivity index (χ0v) is 13.4. The van der Waals surface area contributed by atoms with E-state index in [1.807, 2.05) is 0 Å². The molecule has 0 radical (unpaired) electrons. The largest absolute Gasteiger partial charge is 0.306 e. The normalized spacial score (nSPS) is 25.1. The van der Waals surface area contributed by atoms with E-state index in [2.05, 4.69) is 50.0 Å². The first-order valence-electron chi connectivity index (χ1n) is 8.12. The third kappa shape index (κ3) is 2.91. The monoisotopic (exact) mass is 272 g/mol. The van der Waals surface area contributed by atoms with E-state index in [0.29, 0.717) is 12.1 Å². The summed E-state index contributed by atoms with van der Waals surface area (Å²) in [6.07, 6.45) is 4.17. The molecular weight excluding hydrogens is 244 g/mol. The Morgan fingerprint density at radius 1 is 1.10 bits per heavy atom. The van der Waals surface area contributed by atoms with E-state index >= 15 is 0 Å². The zero-order chi connectivity index (χ0) is 14.3. The maximum Gasteiger partial charge on any atom is 0.0300 e. The fraction of sp³-hybridized carbons (Fsp3) is 0.667. The average molecular weight is 272 g/mol. The molecule has 1 saturated carbocycles. The van der Waals surface area contributed by atoms with Crippen LogP contribution in [0.25, 0.3) is 0 Å². The van der Waals surface area contributed by atoms with Crippen molar-refractivity contribution in [1.82, 2.24) is 10.2 Å².